The Bertz CT molecular complexity index is 177. The molecule has 0 aromatic heterocycles. The summed E-state index contributed by atoms with van der Waals surface area (Å²) in [4.78, 5) is 0. The van der Waals surface area contributed by atoms with E-state index < -0.39 is 10.8 Å². The van der Waals surface area contributed by atoms with E-state index in [9.17, 15) is 0 Å². The maximum atomic E-state index is 9.04. The summed E-state index contributed by atoms with van der Waals surface area (Å²) in [6.45, 7) is 3.54. The van der Waals surface area contributed by atoms with E-state index in [1.807, 2.05) is 0 Å². The minimum absolute atomic E-state index is 0.0579. The van der Waals surface area contributed by atoms with Crippen LogP contribution < -0.4 is 16.7 Å². The number of hydrogen-bond acceptors (Lipinski definition) is 6. The van der Waals surface area contributed by atoms with E-state index in [1.54, 1.807) is 13.8 Å². The molecule has 0 aromatic carbocycles. The highest BCUT2D eigenvalue weighted by Gasteiger charge is 2.19. The van der Waals surface area contributed by atoms with Crippen LogP contribution >= 0.6 is 10.8 Å². The average Bonchev–Trinajstić information content (AvgIpc) is 1.85. The Labute approximate surface area is 73.5 Å². The standard InChI is InChI=1S/C5H16N4O2S/c1-4(2)9(7)5(3-6)12(8,10)11/h3-4,10-11H,6-8H2,1-2H3/b5-3+. The summed E-state index contributed by atoms with van der Waals surface area (Å²) in [5.41, 5.74) is 5.13. The van der Waals surface area contributed by atoms with Crippen molar-refractivity contribution in [2.45, 2.75) is 19.9 Å². The average molecular weight is 196 g/mol. The number of hydrogen-bond donors (Lipinski definition) is 5. The van der Waals surface area contributed by atoms with Gasteiger partial charge in [-0.25, -0.2) is 11.0 Å². The molecule has 0 aliphatic rings. The van der Waals surface area contributed by atoms with Crippen molar-refractivity contribution >= 4 is 10.8 Å². The number of hydrazine groups is 1. The molecule has 0 spiro atoms. The summed E-state index contributed by atoms with van der Waals surface area (Å²) in [6, 6.07) is -0.102. The fourth-order valence-corrected chi connectivity index (χ4v) is 1.32. The molecular weight excluding hydrogens is 180 g/mol. The zero-order valence-electron chi connectivity index (χ0n) is 7.14. The molecule has 0 saturated heterocycles. The molecule has 0 unspecified atom stereocenters. The molecule has 0 bridgehead atoms. The molecule has 0 atom stereocenters. The fourth-order valence-electron chi connectivity index (χ4n) is 0.596. The van der Waals surface area contributed by atoms with Gasteiger partial charge in [-0.1, -0.05) is 10.8 Å². The van der Waals surface area contributed by atoms with Crippen molar-refractivity contribution in [2.24, 2.45) is 16.7 Å². The van der Waals surface area contributed by atoms with Gasteiger partial charge in [-0.3, -0.25) is 14.1 Å². The molecule has 12 heavy (non-hydrogen) atoms. The van der Waals surface area contributed by atoms with E-state index in [0.717, 1.165) is 11.2 Å². The third kappa shape index (κ3) is 2.88. The summed E-state index contributed by atoms with van der Waals surface area (Å²) in [5, 5.41) is 6.12. The maximum absolute atomic E-state index is 9.04. The third-order valence-corrected chi connectivity index (χ3v) is 2.22. The van der Waals surface area contributed by atoms with Gasteiger partial charge in [0.2, 0.25) is 0 Å². The molecule has 0 saturated carbocycles. The van der Waals surface area contributed by atoms with E-state index in [2.05, 4.69) is 0 Å². The molecular formula is C5H16N4O2S. The van der Waals surface area contributed by atoms with Crippen molar-refractivity contribution in [1.82, 2.24) is 5.01 Å². The molecule has 7 heteroatoms. The lowest BCUT2D eigenvalue weighted by atomic mass is 10.4. The normalized spacial score (nSPS) is 15.1. The molecule has 74 valence electrons. The molecule has 0 heterocycles. The smallest absolute Gasteiger partial charge is 0.169 e. The van der Waals surface area contributed by atoms with Crippen LogP contribution in [0, 0.1) is 0 Å². The predicted octanol–water partition coefficient (Wildman–Crippen LogP) is -0.0476. The van der Waals surface area contributed by atoms with E-state index >= 15 is 0 Å². The lowest BCUT2D eigenvalue weighted by molar-refractivity contribution is 0.301. The van der Waals surface area contributed by atoms with E-state index in [-0.39, 0.29) is 11.1 Å². The van der Waals surface area contributed by atoms with Crippen LogP contribution in [0.25, 0.3) is 0 Å². The van der Waals surface area contributed by atoms with E-state index in [1.165, 1.54) is 0 Å². The number of rotatable bonds is 3. The highest BCUT2D eigenvalue weighted by atomic mass is 32.3. The first-order valence-corrected chi connectivity index (χ1v) is 4.93. The second-order valence-electron chi connectivity index (χ2n) is 2.60. The van der Waals surface area contributed by atoms with Crippen LogP contribution in [0.15, 0.2) is 11.2 Å². The monoisotopic (exact) mass is 196 g/mol. The van der Waals surface area contributed by atoms with Crippen molar-refractivity contribution in [2.75, 3.05) is 0 Å². The van der Waals surface area contributed by atoms with Gasteiger partial charge in [0.05, 0.1) is 0 Å². The van der Waals surface area contributed by atoms with Crippen molar-refractivity contribution in [1.29, 1.82) is 0 Å². The Balaban J connectivity index is 4.60. The summed E-state index contributed by atoms with van der Waals surface area (Å²) in [5.74, 6) is 5.46. The number of nitrogens with two attached hydrogens (primary N) is 3. The first-order chi connectivity index (χ1) is 5.30. The van der Waals surface area contributed by atoms with E-state index in [0.29, 0.717) is 0 Å². The SMILES string of the molecule is CC(C)N(N)/C(=C\N)S(N)(O)O. The predicted molar refractivity (Wildman–Crippen MR) is 50.5 cm³/mol. The van der Waals surface area contributed by atoms with Crippen LogP contribution in [0.5, 0.6) is 0 Å². The Morgan fingerprint density at radius 1 is 1.50 bits per heavy atom. The summed E-state index contributed by atoms with van der Waals surface area (Å²) < 4.78 is 18.1. The molecule has 0 aliphatic heterocycles. The lowest BCUT2D eigenvalue weighted by Crippen LogP contribution is -2.40. The van der Waals surface area contributed by atoms with Crippen LogP contribution in [0.3, 0.4) is 0 Å². The second kappa shape index (κ2) is 3.97. The van der Waals surface area contributed by atoms with Gasteiger partial charge in [-0.15, -0.1) is 0 Å². The van der Waals surface area contributed by atoms with Crippen LogP contribution in [0.2, 0.25) is 0 Å². The minimum Gasteiger partial charge on any atom is -0.402 e. The zero-order valence-corrected chi connectivity index (χ0v) is 7.95. The summed E-state index contributed by atoms with van der Waals surface area (Å²) in [7, 11) is -3.32. The van der Waals surface area contributed by atoms with Crippen molar-refractivity contribution in [3.05, 3.63) is 11.2 Å². The third-order valence-electron chi connectivity index (χ3n) is 1.26. The Hall–Kier alpha value is -0.470. The minimum atomic E-state index is -3.32. The quantitative estimate of drug-likeness (QED) is 0.319. The maximum Gasteiger partial charge on any atom is 0.169 e. The Morgan fingerprint density at radius 2 is 1.92 bits per heavy atom. The van der Waals surface area contributed by atoms with Crippen LogP contribution in [0.1, 0.15) is 13.8 Å². The van der Waals surface area contributed by atoms with Crippen molar-refractivity contribution in [3.63, 3.8) is 0 Å². The molecule has 0 fully saturated rings. The van der Waals surface area contributed by atoms with Crippen LogP contribution in [-0.2, 0) is 0 Å². The molecule has 8 N–H and O–H groups in total. The summed E-state index contributed by atoms with van der Waals surface area (Å²) >= 11 is 0. The Morgan fingerprint density at radius 3 is 2.00 bits per heavy atom. The molecule has 6 nitrogen and oxygen atoms in total. The number of nitrogens with zero attached hydrogens (tertiary/aromatic N) is 1. The van der Waals surface area contributed by atoms with Gasteiger partial charge in [0, 0.05) is 12.2 Å². The van der Waals surface area contributed by atoms with Gasteiger partial charge in [-0.2, -0.15) is 0 Å². The van der Waals surface area contributed by atoms with Crippen LogP contribution in [-0.4, -0.2) is 20.2 Å². The first kappa shape index (κ1) is 11.5. The zero-order chi connectivity index (χ0) is 9.94. The van der Waals surface area contributed by atoms with Gasteiger partial charge >= 0.3 is 0 Å². The first-order valence-electron chi connectivity index (χ1n) is 3.32. The largest absolute Gasteiger partial charge is 0.402 e. The van der Waals surface area contributed by atoms with Crippen molar-refractivity contribution in [3.8, 4) is 0 Å². The van der Waals surface area contributed by atoms with Gasteiger partial charge < -0.3 is 5.73 Å². The molecule has 0 radical (unpaired) electrons. The molecule has 0 amide bonds. The molecule has 0 aromatic rings. The van der Waals surface area contributed by atoms with Gasteiger partial charge in [-0.05, 0) is 13.8 Å². The van der Waals surface area contributed by atoms with Gasteiger partial charge in [0.15, 0.2) is 5.03 Å². The summed E-state index contributed by atoms with van der Waals surface area (Å²) in [6.07, 6.45) is 0.995. The molecule has 0 rings (SSSR count). The van der Waals surface area contributed by atoms with Gasteiger partial charge in [0.1, 0.15) is 0 Å². The molecule has 0 aliphatic carbocycles. The second-order valence-corrected chi connectivity index (χ2v) is 4.20. The fraction of sp³-hybridized carbons (Fsp3) is 0.600. The highest BCUT2D eigenvalue weighted by molar-refractivity contribution is 8.25. The lowest BCUT2D eigenvalue weighted by Gasteiger charge is -2.36. The van der Waals surface area contributed by atoms with Gasteiger partial charge in [0.25, 0.3) is 0 Å². The highest BCUT2D eigenvalue weighted by Crippen LogP contribution is 2.39. The Kier molecular flexibility index (Phi) is 3.81. The van der Waals surface area contributed by atoms with E-state index in [4.69, 9.17) is 25.8 Å². The van der Waals surface area contributed by atoms with Crippen LogP contribution in [0.4, 0.5) is 0 Å². The van der Waals surface area contributed by atoms with Crippen molar-refractivity contribution < 1.29 is 9.11 Å². The topological polar surface area (TPSA) is 122 Å².